The molecule has 1 heterocycles. The number of carbonyl (C=O) groups excluding carboxylic acids is 1. The van der Waals surface area contributed by atoms with Gasteiger partial charge in [-0.2, -0.15) is 16.9 Å². The SMILES string of the molecule is CC(C)SCC(=O)Cc1cnn(C)c1. The molecule has 1 aromatic rings. The summed E-state index contributed by atoms with van der Waals surface area (Å²) in [5.41, 5.74) is 1.00. The Morgan fingerprint density at radius 3 is 2.86 bits per heavy atom. The van der Waals surface area contributed by atoms with Crippen LogP contribution in [-0.4, -0.2) is 26.6 Å². The molecule has 0 fully saturated rings. The molecule has 0 unspecified atom stereocenters. The summed E-state index contributed by atoms with van der Waals surface area (Å²) in [6, 6.07) is 0. The molecule has 0 amide bonds. The van der Waals surface area contributed by atoms with Gasteiger partial charge in [0.2, 0.25) is 0 Å². The van der Waals surface area contributed by atoms with E-state index in [0.29, 0.717) is 17.4 Å². The van der Waals surface area contributed by atoms with Crippen LogP contribution in [0.1, 0.15) is 19.4 Å². The summed E-state index contributed by atoms with van der Waals surface area (Å²) < 4.78 is 1.72. The second kappa shape index (κ2) is 5.20. The van der Waals surface area contributed by atoms with Crippen LogP contribution in [0.4, 0.5) is 0 Å². The van der Waals surface area contributed by atoms with Crippen molar-refractivity contribution >= 4 is 17.5 Å². The molecule has 0 saturated heterocycles. The van der Waals surface area contributed by atoms with Gasteiger partial charge >= 0.3 is 0 Å². The molecule has 4 heteroatoms. The highest BCUT2D eigenvalue weighted by atomic mass is 32.2. The lowest BCUT2D eigenvalue weighted by Gasteiger charge is -2.02. The van der Waals surface area contributed by atoms with Crippen LogP contribution in [-0.2, 0) is 18.3 Å². The van der Waals surface area contributed by atoms with Crippen molar-refractivity contribution in [2.45, 2.75) is 25.5 Å². The lowest BCUT2D eigenvalue weighted by molar-refractivity contribution is -0.116. The maximum absolute atomic E-state index is 11.5. The van der Waals surface area contributed by atoms with Crippen molar-refractivity contribution in [3.63, 3.8) is 0 Å². The predicted molar refractivity (Wildman–Crippen MR) is 59.5 cm³/mol. The van der Waals surface area contributed by atoms with E-state index in [1.165, 1.54) is 0 Å². The first-order valence-corrected chi connectivity index (χ1v) is 5.73. The first kappa shape index (κ1) is 11.3. The second-order valence-electron chi connectivity index (χ2n) is 3.60. The van der Waals surface area contributed by atoms with Crippen LogP contribution in [0.2, 0.25) is 0 Å². The summed E-state index contributed by atoms with van der Waals surface area (Å²) in [5, 5.41) is 4.54. The minimum Gasteiger partial charge on any atom is -0.298 e. The van der Waals surface area contributed by atoms with E-state index < -0.39 is 0 Å². The summed E-state index contributed by atoms with van der Waals surface area (Å²) in [4.78, 5) is 11.5. The Labute approximate surface area is 88.9 Å². The molecule has 0 radical (unpaired) electrons. The summed E-state index contributed by atoms with van der Waals surface area (Å²) in [7, 11) is 1.86. The Hall–Kier alpha value is -0.770. The number of ketones is 1. The smallest absolute Gasteiger partial charge is 0.147 e. The van der Waals surface area contributed by atoms with E-state index in [4.69, 9.17) is 0 Å². The van der Waals surface area contributed by atoms with Crippen molar-refractivity contribution in [2.24, 2.45) is 7.05 Å². The summed E-state index contributed by atoms with van der Waals surface area (Å²) >= 11 is 1.69. The first-order valence-electron chi connectivity index (χ1n) is 4.68. The van der Waals surface area contributed by atoms with Gasteiger partial charge in [0.1, 0.15) is 5.78 Å². The Morgan fingerprint density at radius 2 is 2.36 bits per heavy atom. The van der Waals surface area contributed by atoms with Crippen LogP contribution in [0, 0.1) is 0 Å². The lowest BCUT2D eigenvalue weighted by Crippen LogP contribution is -2.07. The maximum Gasteiger partial charge on any atom is 0.147 e. The number of rotatable bonds is 5. The van der Waals surface area contributed by atoms with Gasteiger partial charge in [0.05, 0.1) is 11.9 Å². The molecule has 0 aliphatic heterocycles. The number of carbonyl (C=O) groups is 1. The van der Waals surface area contributed by atoms with Gasteiger partial charge in [-0.15, -0.1) is 0 Å². The minimum absolute atomic E-state index is 0.275. The van der Waals surface area contributed by atoms with E-state index in [-0.39, 0.29) is 5.78 Å². The Balaban J connectivity index is 2.34. The zero-order valence-electron chi connectivity index (χ0n) is 8.86. The zero-order valence-corrected chi connectivity index (χ0v) is 9.67. The molecule has 14 heavy (non-hydrogen) atoms. The molecule has 0 spiro atoms. The largest absolute Gasteiger partial charge is 0.298 e. The van der Waals surface area contributed by atoms with Gasteiger partial charge in [0.15, 0.2) is 0 Å². The van der Waals surface area contributed by atoms with Crippen molar-refractivity contribution in [2.75, 3.05) is 5.75 Å². The third-order valence-electron chi connectivity index (χ3n) is 1.74. The Morgan fingerprint density at radius 1 is 1.64 bits per heavy atom. The molecular formula is C10H16N2OS. The van der Waals surface area contributed by atoms with E-state index >= 15 is 0 Å². The third-order valence-corrected chi connectivity index (χ3v) is 2.89. The molecule has 0 aliphatic carbocycles. The number of aryl methyl sites for hydroxylation is 1. The standard InChI is InChI=1S/C10H16N2OS/c1-8(2)14-7-10(13)4-9-5-11-12(3)6-9/h5-6,8H,4,7H2,1-3H3. The number of hydrogen-bond acceptors (Lipinski definition) is 3. The van der Waals surface area contributed by atoms with E-state index in [1.54, 1.807) is 22.6 Å². The summed E-state index contributed by atoms with van der Waals surface area (Å²) in [6.07, 6.45) is 4.14. The maximum atomic E-state index is 11.5. The molecule has 0 N–H and O–H groups in total. The Bertz CT molecular complexity index is 307. The average molecular weight is 212 g/mol. The van der Waals surface area contributed by atoms with Crippen LogP contribution in [0.5, 0.6) is 0 Å². The van der Waals surface area contributed by atoms with Crippen molar-refractivity contribution in [1.82, 2.24) is 9.78 Å². The number of aromatic nitrogens is 2. The molecule has 1 rings (SSSR count). The zero-order chi connectivity index (χ0) is 10.6. The lowest BCUT2D eigenvalue weighted by atomic mass is 10.2. The van der Waals surface area contributed by atoms with Crippen LogP contribution in [0.25, 0.3) is 0 Å². The minimum atomic E-state index is 0.275. The van der Waals surface area contributed by atoms with Crippen LogP contribution in [0.15, 0.2) is 12.4 Å². The highest BCUT2D eigenvalue weighted by Gasteiger charge is 2.06. The van der Waals surface area contributed by atoms with Gasteiger partial charge < -0.3 is 0 Å². The molecule has 0 saturated carbocycles. The van der Waals surface area contributed by atoms with Crippen LogP contribution >= 0.6 is 11.8 Å². The number of hydrogen-bond donors (Lipinski definition) is 0. The predicted octanol–water partition coefficient (Wildman–Crippen LogP) is 1.67. The van der Waals surface area contributed by atoms with E-state index in [9.17, 15) is 4.79 Å². The van der Waals surface area contributed by atoms with E-state index in [1.807, 2.05) is 13.2 Å². The van der Waals surface area contributed by atoms with Crippen LogP contribution < -0.4 is 0 Å². The van der Waals surface area contributed by atoms with Crippen molar-refractivity contribution in [3.05, 3.63) is 18.0 Å². The number of nitrogens with zero attached hydrogens (tertiary/aromatic N) is 2. The molecule has 0 aliphatic rings. The quantitative estimate of drug-likeness (QED) is 0.744. The van der Waals surface area contributed by atoms with Crippen molar-refractivity contribution in [3.8, 4) is 0 Å². The Kier molecular flexibility index (Phi) is 4.20. The molecular weight excluding hydrogens is 196 g/mol. The van der Waals surface area contributed by atoms with E-state index in [0.717, 1.165) is 5.56 Å². The average Bonchev–Trinajstić information content (AvgIpc) is 2.48. The van der Waals surface area contributed by atoms with Crippen LogP contribution in [0.3, 0.4) is 0 Å². The second-order valence-corrected chi connectivity index (χ2v) is 5.16. The van der Waals surface area contributed by atoms with E-state index in [2.05, 4.69) is 18.9 Å². The van der Waals surface area contributed by atoms with Gasteiger partial charge in [-0.25, -0.2) is 0 Å². The highest BCUT2D eigenvalue weighted by molar-refractivity contribution is 8.00. The molecule has 0 atom stereocenters. The molecule has 3 nitrogen and oxygen atoms in total. The summed E-state index contributed by atoms with van der Waals surface area (Å²) in [5.74, 6) is 0.878. The fourth-order valence-electron chi connectivity index (χ4n) is 1.10. The molecule has 0 aromatic carbocycles. The first-order chi connectivity index (χ1) is 6.58. The van der Waals surface area contributed by atoms with Gasteiger partial charge in [0.25, 0.3) is 0 Å². The monoisotopic (exact) mass is 212 g/mol. The van der Waals surface area contributed by atoms with Gasteiger partial charge in [-0.05, 0) is 10.8 Å². The fraction of sp³-hybridized carbons (Fsp3) is 0.600. The summed E-state index contributed by atoms with van der Waals surface area (Å²) in [6.45, 7) is 4.20. The molecule has 1 aromatic heterocycles. The normalized spacial score (nSPS) is 10.9. The number of thioether (sulfide) groups is 1. The third kappa shape index (κ3) is 3.96. The van der Waals surface area contributed by atoms with Gasteiger partial charge in [0, 0.05) is 19.7 Å². The topological polar surface area (TPSA) is 34.9 Å². The van der Waals surface area contributed by atoms with Gasteiger partial charge in [-0.3, -0.25) is 9.48 Å². The molecule has 0 bridgehead atoms. The van der Waals surface area contributed by atoms with Crippen molar-refractivity contribution in [1.29, 1.82) is 0 Å². The van der Waals surface area contributed by atoms with Gasteiger partial charge in [-0.1, -0.05) is 13.8 Å². The highest BCUT2D eigenvalue weighted by Crippen LogP contribution is 2.10. The number of Topliss-reactive ketones (excluding diaryl/α,β-unsaturated/α-hetero) is 1. The van der Waals surface area contributed by atoms with Crippen molar-refractivity contribution < 1.29 is 4.79 Å². The fourth-order valence-corrected chi connectivity index (χ4v) is 1.72. The molecule has 78 valence electrons.